The summed E-state index contributed by atoms with van der Waals surface area (Å²) in [7, 11) is 0. The molecule has 122 valence electrons. The highest BCUT2D eigenvalue weighted by molar-refractivity contribution is 5.88. The molecule has 0 bridgehead atoms. The molecule has 0 aromatic heterocycles. The van der Waals surface area contributed by atoms with Crippen LogP contribution in [0, 0.1) is 5.92 Å². The first kappa shape index (κ1) is 16.8. The second-order valence-electron chi connectivity index (χ2n) is 6.84. The molecule has 1 N–H and O–H groups in total. The van der Waals surface area contributed by atoms with E-state index >= 15 is 0 Å². The summed E-state index contributed by atoms with van der Waals surface area (Å²) in [5.74, 6) is 0.966. The zero-order valence-electron chi connectivity index (χ0n) is 14.3. The molecular weight excluding hydrogens is 262 g/mol. The van der Waals surface area contributed by atoms with Crippen LogP contribution in [0.15, 0.2) is 0 Å². The molecule has 1 aliphatic carbocycles. The van der Waals surface area contributed by atoms with E-state index in [-0.39, 0.29) is 11.7 Å². The lowest BCUT2D eigenvalue weighted by atomic mass is 9.99. The Morgan fingerprint density at radius 1 is 1.24 bits per heavy atom. The van der Waals surface area contributed by atoms with Crippen molar-refractivity contribution in [3.63, 3.8) is 0 Å². The number of likely N-dealkylation sites (N-methyl/N-ethyl adjacent to an activating group) is 1. The highest BCUT2D eigenvalue weighted by Crippen LogP contribution is 2.35. The SMILES string of the molecule is CCN(CC)CCN1C(=O)C(C)(CC)NC1C1CCCC1. The van der Waals surface area contributed by atoms with E-state index in [4.69, 9.17) is 0 Å². The zero-order chi connectivity index (χ0) is 15.5. The fraction of sp³-hybridized carbons (Fsp3) is 0.941. The molecule has 2 unspecified atom stereocenters. The Morgan fingerprint density at radius 2 is 1.86 bits per heavy atom. The summed E-state index contributed by atoms with van der Waals surface area (Å²) in [4.78, 5) is 17.4. The van der Waals surface area contributed by atoms with Crippen LogP contribution in [0.25, 0.3) is 0 Å². The van der Waals surface area contributed by atoms with E-state index in [1.807, 2.05) is 0 Å². The summed E-state index contributed by atoms with van der Waals surface area (Å²) in [5, 5.41) is 3.68. The lowest BCUT2D eigenvalue weighted by Gasteiger charge is -2.31. The van der Waals surface area contributed by atoms with Crippen LogP contribution in [0.5, 0.6) is 0 Å². The van der Waals surface area contributed by atoms with Gasteiger partial charge < -0.3 is 9.80 Å². The van der Waals surface area contributed by atoms with Crippen molar-refractivity contribution >= 4 is 5.91 Å². The van der Waals surface area contributed by atoms with Crippen molar-refractivity contribution in [2.75, 3.05) is 26.2 Å². The van der Waals surface area contributed by atoms with E-state index < -0.39 is 0 Å². The highest BCUT2D eigenvalue weighted by Gasteiger charge is 2.49. The Balaban J connectivity index is 2.07. The Morgan fingerprint density at radius 3 is 2.38 bits per heavy atom. The van der Waals surface area contributed by atoms with Gasteiger partial charge in [-0.05, 0) is 45.2 Å². The summed E-state index contributed by atoms with van der Waals surface area (Å²) in [6.45, 7) is 12.6. The summed E-state index contributed by atoms with van der Waals surface area (Å²) >= 11 is 0. The van der Waals surface area contributed by atoms with Gasteiger partial charge in [0.25, 0.3) is 0 Å². The van der Waals surface area contributed by atoms with Crippen molar-refractivity contribution in [3.8, 4) is 0 Å². The van der Waals surface area contributed by atoms with E-state index in [9.17, 15) is 4.79 Å². The smallest absolute Gasteiger partial charge is 0.243 e. The molecule has 2 aliphatic rings. The molecule has 0 aromatic carbocycles. The van der Waals surface area contributed by atoms with Crippen molar-refractivity contribution in [2.45, 2.75) is 71.5 Å². The summed E-state index contributed by atoms with van der Waals surface area (Å²) in [6, 6.07) is 0. The van der Waals surface area contributed by atoms with Crippen molar-refractivity contribution in [1.29, 1.82) is 0 Å². The molecule has 2 atom stereocenters. The topological polar surface area (TPSA) is 35.6 Å². The molecule has 2 rings (SSSR count). The fourth-order valence-electron chi connectivity index (χ4n) is 3.84. The maximum Gasteiger partial charge on any atom is 0.243 e. The van der Waals surface area contributed by atoms with Gasteiger partial charge in [0.15, 0.2) is 0 Å². The van der Waals surface area contributed by atoms with Crippen LogP contribution < -0.4 is 5.32 Å². The van der Waals surface area contributed by atoms with Gasteiger partial charge in [-0.3, -0.25) is 10.1 Å². The predicted molar refractivity (Wildman–Crippen MR) is 87.1 cm³/mol. The lowest BCUT2D eigenvalue weighted by Crippen LogP contribution is -2.46. The Hall–Kier alpha value is -0.610. The highest BCUT2D eigenvalue weighted by atomic mass is 16.2. The van der Waals surface area contributed by atoms with E-state index in [1.165, 1.54) is 25.7 Å². The monoisotopic (exact) mass is 295 g/mol. The fourth-order valence-corrected chi connectivity index (χ4v) is 3.84. The molecule has 2 fully saturated rings. The average Bonchev–Trinajstić information content (AvgIpc) is 3.10. The van der Waals surface area contributed by atoms with Crippen LogP contribution in [0.3, 0.4) is 0 Å². The van der Waals surface area contributed by atoms with Crippen LogP contribution in [0.4, 0.5) is 0 Å². The van der Waals surface area contributed by atoms with Gasteiger partial charge >= 0.3 is 0 Å². The van der Waals surface area contributed by atoms with Gasteiger partial charge in [-0.1, -0.05) is 33.6 Å². The lowest BCUT2D eigenvalue weighted by molar-refractivity contribution is -0.133. The van der Waals surface area contributed by atoms with Crippen LogP contribution >= 0.6 is 0 Å². The number of amides is 1. The average molecular weight is 295 g/mol. The number of hydrogen-bond donors (Lipinski definition) is 1. The van der Waals surface area contributed by atoms with Crippen LogP contribution in [-0.4, -0.2) is 53.6 Å². The third-order valence-electron chi connectivity index (χ3n) is 5.64. The number of nitrogens with zero attached hydrogens (tertiary/aromatic N) is 2. The number of hydrogen-bond acceptors (Lipinski definition) is 3. The van der Waals surface area contributed by atoms with Gasteiger partial charge in [-0.25, -0.2) is 0 Å². The summed E-state index contributed by atoms with van der Waals surface area (Å²) in [5.41, 5.74) is -0.351. The third kappa shape index (κ3) is 3.42. The normalized spacial score (nSPS) is 30.8. The van der Waals surface area contributed by atoms with Crippen LogP contribution in [0.1, 0.15) is 59.8 Å². The molecule has 1 heterocycles. The maximum absolute atomic E-state index is 12.9. The first-order valence-electron chi connectivity index (χ1n) is 8.86. The molecule has 0 aromatic rings. The van der Waals surface area contributed by atoms with Crippen molar-refractivity contribution < 1.29 is 4.79 Å². The van der Waals surface area contributed by atoms with E-state index in [1.54, 1.807) is 0 Å². The minimum absolute atomic E-state index is 0.264. The molecule has 21 heavy (non-hydrogen) atoms. The standard InChI is InChI=1S/C17H33N3O/c1-5-17(4)16(21)20(13-12-19(6-2)7-3)15(18-17)14-10-8-9-11-14/h14-15,18H,5-13H2,1-4H3. The van der Waals surface area contributed by atoms with Crippen LogP contribution in [-0.2, 0) is 4.79 Å². The van der Waals surface area contributed by atoms with E-state index in [0.29, 0.717) is 11.8 Å². The number of rotatable bonds is 7. The first-order chi connectivity index (χ1) is 10.1. The maximum atomic E-state index is 12.9. The summed E-state index contributed by atoms with van der Waals surface area (Å²) < 4.78 is 0. The second kappa shape index (κ2) is 7.10. The van der Waals surface area contributed by atoms with Crippen LogP contribution in [0.2, 0.25) is 0 Å². The Kier molecular flexibility index (Phi) is 5.67. The van der Waals surface area contributed by atoms with Gasteiger partial charge in [0, 0.05) is 13.1 Å². The Labute approximate surface area is 130 Å². The van der Waals surface area contributed by atoms with Gasteiger partial charge in [0.2, 0.25) is 5.91 Å². The first-order valence-corrected chi connectivity index (χ1v) is 8.86. The van der Waals surface area contributed by atoms with Crippen molar-refractivity contribution in [2.24, 2.45) is 5.92 Å². The van der Waals surface area contributed by atoms with Gasteiger partial charge in [-0.2, -0.15) is 0 Å². The van der Waals surface area contributed by atoms with E-state index in [0.717, 1.165) is 32.6 Å². The van der Waals surface area contributed by atoms with Gasteiger partial charge in [0.1, 0.15) is 0 Å². The summed E-state index contributed by atoms with van der Waals surface area (Å²) in [6.07, 6.45) is 6.32. The second-order valence-corrected chi connectivity index (χ2v) is 6.84. The largest absolute Gasteiger partial charge is 0.324 e. The van der Waals surface area contributed by atoms with Crippen molar-refractivity contribution in [1.82, 2.24) is 15.1 Å². The third-order valence-corrected chi connectivity index (χ3v) is 5.64. The van der Waals surface area contributed by atoms with E-state index in [2.05, 4.69) is 42.8 Å². The molecule has 1 amide bonds. The number of carbonyl (C=O) groups is 1. The molecule has 4 heteroatoms. The molecule has 1 saturated carbocycles. The van der Waals surface area contributed by atoms with Gasteiger partial charge in [0.05, 0.1) is 11.7 Å². The minimum atomic E-state index is -0.351. The predicted octanol–water partition coefficient (Wildman–Crippen LogP) is 2.45. The zero-order valence-corrected chi connectivity index (χ0v) is 14.3. The van der Waals surface area contributed by atoms with Crippen molar-refractivity contribution in [3.05, 3.63) is 0 Å². The minimum Gasteiger partial charge on any atom is -0.324 e. The number of carbonyl (C=O) groups excluding carboxylic acids is 1. The Bertz CT molecular complexity index is 350. The molecular formula is C17H33N3O. The molecule has 0 spiro atoms. The molecule has 1 aliphatic heterocycles. The molecule has 0 radical (unpaired) electrons. The number of nitrogens with one attached hydrogen (secondary N) is 1. The quantitative estimate of drug-likeness (QED) is 0.783. The molecule has 1 saturated heterocycles. The molecule has 4 nitrogen and oxygen atoms in total. The van der Waals surface area contributed by atoms with Gasteiger partial charge in [-0.15, -0.1) is 0 Å².